The van der Waals surface area contributed by atoms with Crippen LogP contribution >= 0.6 is 23.2 Å². The van der Waals surface area contributed by atoms with Crippen molar-refractivity contribution in [2.45, 2.75) is 25.1 Å². The number of carboxylic acid groups (broad SMARTS) is 1. The zero-order valence-electron chi connectivity index (χ0n) is 17.7. The maximum Gasteiger partial charge on any atom is 0.321 e. The molecule has 0 saturated carbocycles. The van der Waals surface area contributed by atoms with Crippen LogP contribution in [-0.2, 0) is 11.2 Å². The number of carboxylic acids is 1. The number of ether oxygens (including phenoxy) is 1. The van der Waals surface area contributed by atoms with Gasteiger partial charge >= 0.3 is 5.97 Å². The number of halogens is 2. The van der Waals surface area contributed by atoms with Crippen molar-refractivity contribution in [3.63, 3.8) is 0 Å². The van der Waals surface area contributed by atoms with E-state index in [1.165, 1.54) is 0 Å². The number of aliphatic carboxylic acids is 1. The van der Waals surface area contributed by atoms with E-state index in [-0.39, 0.29) is 22.0 Å². The molecule has 9 heteroatoms. The lowest BCUT2D eigenvalue weighted by molar-refractivity contribution is -0.140. The quantitative estimate of drug-likeness (QED) is 0.218. The molecule has 1 aromatic heterocycles. The Labute approximate surface area is 202 Å². The molecule has 4 N–H and O–H groups in total. The number of pyridine rings is 1. The number of anilines is 1. The Kier molecular flexibility index (Phi) is 9.33. The fourth-order valence-electron chi connectivity index (χ4n) is 3.17. The highest BCUT2D eigenvalue weighted by Crippen LogP contribution is 2.29. The Morgan fingerprint density at radius 1 is 1.03 bits per heavy atom. The fourth-order valence-corrected chi connectivity index (χ4v) is 3.77. The molecule has 0 aliphatic rings. The fraction of sp³-hybridized carbons (Fsp3) is 0.250. The minimum atomic E-state index is -1.32. The van der Waals surface area contributed by atoms with Crippen LogP contribution in [0.15, 0.2) is 66.9 Å². The van der Waals surface area contributed by atoms with Gasteiger partial charge in [-0.25, -0.2) is 4.98 Å². The number of aliphatic hydroxyl groups excluding tert-OH is 1. The Bertz CT molecular complexity index is 1020. The number of benzene rings is 2. The highest BCUT2D eigenvalue weighted by Gasteiger charge is 2.24. The van der Waals surface area contributed by atoms with E-state index in [1.54, 1.807) is 48.7 Å². The first-order valence-electron chi connectivity index (χ1n) is 10.4. The molecule has 7 nitrogen and oxygen atoms in total. The standard InChI is InChI=1S/C24H25Cl2N3O4/c25-18-5-3-6-19(26)22(18)23(30)29-20(24(31)32)15-16-8-10-17(11-9-16)33-14-4-13-28-21-7-1-2-12-27-21/h1-3,5-12,20,23,29-30H,4,13-15H2,(H,27,28)(H,31,32). The van der Waals surface area contributed by atoms with Gasteiger partial charge < -0.3 is 20.3 Å². The van der Waals surface area contributed by atoms with Crippen LogP contribution in [0.1, 0.15) is 23.8 Å². The maximum atomic E-state index is 11.7. The minimum Gasteiger partial charge on any atom is -0.494 e. The van der Waals surface area contributed by atoms with Gasteiger partial charge in [0.25, 0.3) is 0 Å². The second-order valence-corrected chi connectivity index (χ2v) is 8.10. The lowest BCUT2D eigenvalue weighted by Gasteiger charge is -2.21. The topological polar surface area (TPSA) is 104 Å². The molecule has 0 aliphatic heterocycles. The number of carbonyl (C=O) groups is 1. The highest BCUT2D eigenvalue weighted by molar-refractivity contribution is 6.36. The van der Waals surface area contributed by atoms with Gasteiger partial charge in [-0.15, -0.1) is 0 Å². The molecular formula is C24H25Cl2N3O4. The van der Waals surface area contributed by atoms with Crippen molar-refractivity contribution in [2.75, 3.05) is 18.5 Å². The summed E-state index contributed by atoms with van der Waals surface area (Å²) in [4.78, 5) is 15.9. The molecule has 0 bridgehead atoms. The summed E-state index contributed by atoms with van der Waals surface area (Å²) >= 11 is 12.2. The monoisotopic (exact) mass is 489 g/mol. The van der Waals surface area contributed by atoms with Crippen LogP contribution in [-0.4, -0.2) is 40.4 Å². The number of hydrogen-bond donors (Lipinski definition) is 4. The van der Waals surface area contributed by atoms with Crippen LogP contribution in [0.5, 0.6) is 5.75 Å². The van der Waals surface area contributed by atoms with Crippen molar-refractivity contribution in [2.24, 2.45) is 0 Å². The first-order valence-corrected chi connectivity index (χ1v) is 11.2. The molecule has 2 aromatic carbocycles. The molecule has 174 valence electrons. The van der Waals surface area contributed by atoms with E-state index < -0.39 is 18.2 Å². The summed E-state index contributed by atoms with van der Waals surface area (Å²) in [5.74, 6) is 0.419. The first kappa shape index (κ1) is 24.8. The van der Waals surface area contributed by atoms with Crippen molar-refractivity contribution in [1.82, 2.24) is 10.3 Å². The van der Waals surface area contributed by atoms with E-state index in [2.05, 4.69) is 15.6 Å². The summed E-state index contributed by atoms with van der Waals surface area (Å²) in [5.41, 5.74) is 1.02. The molecule has 0 aliphatic carbocycles. The largest absolute Gasteiger partial charge is 0.494 e. The Hall–Kier alpha value is -2.84. The van der Waals surface area contributed by atoms with Gasteiger partial charge in [-0.05, 0) is 54.8 Å². The van der Waals surface area contributed by atoms with Crippen LogP contribution in [0.2, 0.25) is 10.0 Å². The first-order chi connectivity index (χ1) is 15.9. The van der Waals surface area contributed by atoms with Gasteiger partial charge in [-0.1, -0.05) is 47.5 Å². The average molecular weight is 490 g/mol. The van der Waals surface area contributed by atoms with Crippen molar-refractivity contribution in [1.29, 1.82) is 0 Å². The predicted molar refractivity (Wildman–Crippen MR) is 129 cm³/mol. The second kappa shape index (κ2) is 12.4. The van der Waals surface area contributed by atoms with E-state index in [0.29, 0.717) is 12.4 Å². The van der Waals surface area contributed by atoms with E-state index in [0.717, 1.165) is 24.3 Å². The van der Waals surface area contributed by atoms with Gasteiger partial charge in [-0.3, -0.25) is 10.1 Å². The summed E-state index contributed by atoms with van der Waals surface area (Å²) in [6, 6.07) is 16.6. The third kappa shape index (κ3) is 7.61. The smallest absolute Gasteiger partial charge is 0.321 e. The van der Waals surface area contributed by atoms with E-state index in [1.807, 2.05) is 18.2 Å². The lowest BCUT2D eigenvalue weighted by Crippen LogP contribution is -2.41. The molecule has 0 saturated heterocycles. The minimum absolute atomic E-state index is 0.155. The number of nitrogens with one attached hydrogen (secondary N) is 2. The summed E-state index contributed by atoms with van der Waals surface area (Å²) in [6.07, 6.45) is 1.36. The number of nitrogens with zero attached hydrogens (tertiary/aromatic N) is 1. The third-order valence-electron chi connectivity index (χ3n) is 4.85. The number of hydrogen-bond acceptors (Lipinski definition) is 6. The molecule has 3 aromatic rings. The summed E-state index contributed by atoms with van der Waals surface area (Å²) < 4.78 is 5.74. The van der Waals surface area contributed by atoms with Gasteiger partial charge in [0, 0.05) is 28.4 Å². The van der Waals surface area contributed by atoms with Crippen molar-refractivity contribution in [3.8, 4) is 5.75 Å². The Morgan fingerprint density at radius 2 is 1.76 bits per heavy atom. The summed E-state index contributed by atoms with van der Waals surface area (Å²) in [7, 11) is 0. The molecule has 0 radical (unpaired) electrons. The SMILES string of the molecule is O=C(O)C(Cc1ccc(OCCCNc2ccccn2)cc1)NC(O)c1c(Cl)cccc1Cl. The van der Waals surface area contributed by atoms with Gasteiger partial charge in [-0.2, -0.15) is 0 Å². The Balaban J connectivity index is 1.49. The molecule has 0 amide bonds. The zero-order chi connectivity index (χ0) is 23.6. The Morgan fingerprint density at radius 3 is 2.39 bits per heavy atom. The van der Waals surface area contributed by atoms with Gasteiger partial charge in [0.2, 0.25) is 0 Å². The van der Waals surface area contributed by atoms with Crippen LogP contribution < -0.4 is 15.4 Å². The zero-order valence-corrected chi connectivity index (χ0v) is 19.3. The van der Waals surface area contributed by atoms with Crippen molar-refractivity contribution >= 4 is 35.0 Å². The normalized spacial score (nSPS) is 12.7. The molecule has 33 heavy (non-hydrogen) atoms. The van der Waals surface area contributed by atoms with Crippen molar-refractivity contribution < 1.29 is 19.7 Å². The van der Waals surface area contributed by atoms with E-state index in [4.69, 9.17) is 27.9 Å². The van der Waals surface area contributed by atoms with Crippen molar-refractivity contribution in [3.05, 3.63) is 88.0 Å². The van der Waals surface area contributed by atoms with Gasteiger partial charge in [0.1, 0.15) is 23.8 Å². The van der Waals surface area contributed by atoms with Gasteiger partial charge in [0.15, 0.2) is 0 Å². The number of rotatable bonds is 12. The van der Waals surface area contributed by atoms with Crippen LogP contribution in [0.3, 0.4) is 0 Å². The number of aromatic nitrogens is 1. The average Bonchev–Trinajstić information content (AvgIpc) is 2.80. The highest BCUT2D eigenvalue weighted by atomic mass is 35.5. The lowest BCUT2D eigenvalue weighted by atomic mass is 10.0. The van der Waals surface area contributed by atoms with Gasteiger partial charge in [0.05, 0.1) is 6.61 Å². The van der Waals surface area contributed by atoms with Crippen LogP contribution in [0.25, 0.3) is 0 Å². The predicted octanol–water partition coefficient (Wildman–Crippen LogP) is 4.55. The number of aliphatic hydroxyl groups is 1. The molecule has 2 unspecified atom stereocenters. The summed E-state index contributed by atoms with van der Waals surface area (Å²) in [5, 5.41) is 26.5. The summed E-state index contributed by atoms with van der Waals surface area (Å²) in [6.45, 7) is 1.27. The van der Waals surface area contributed by atoms with E-state index >= 15 is 0 Å². The van der Waals surface area contributed by atoms with E-state index in [9.17, 15) is 15.0 Å². The molecule has 2 atom stereocenters. The third-order valence-corrected chi connectivity index (χ3v) is 5.51. The molecular weight excluding hydrogens is 465 g/mol. The molecule has 1 heterocycles. The van der Waals surface area contributed by atoms with Crippen LogP contribution in [0, 0.1) is 0 Å². The van der Waals surface area contributed by atoms with Crippen LogP contribution in [0.4, 0.5) is 5.82 Å². The molecule has 0 fully saturated rings. The second-order valence-electron chi connectivity index (χ2n) is 7.29. The molecule has 0 spiro atoms. The molecule has 3 rings (SSSR count). The maximum absolute atomic E-state index is 11.7.